The van der Waals surface area contributed by atoms with E-state index >= 15 is 0 Å². The first kappa shape index (κ1) is 25.4. The van der Waals surface area contributed by atoms with Crippen LogP contribution in [0.3, 0.4) is 0 Å². The number of sulfonamides is 1. The average molecular weight is 512 g/mol. The normalized spacial score (nSPS) is 19.1. The van der Waals surface area contributed by atoms with E-state index in [0.717, 1.165) is 16.7 Å². The monoisotopic (exact) mass is 511 g/mol. The molecular weight excluding hydrogens is 482 g/mol. The van der Waals surface area contributed by atoms with Gasteiger partial charge in [-0.2, -0.15) is 0 Å². The molecule has 1 saturated heterocycles. The number of hydrogen-bond donors (Lipinski definition) is 3. The first-order valence-corrected chi connectivity index (χ1v) is 13.6. The van der Waals surface area contributed by atoms with E-state index < -0.39 is 10.0 Å². The maximum Gasteiger partial charge on any atom is 0.240 e. The van der Waals surface area contributed by atoms with Gasteiger partial charge in [0.25, 0.3) is 0 Å². The molecule has 1 unspecified atom stereocenters. The Morgan fingerprint density at radius 1 is 0.971 bits per heavy atom. The summed E-state index contributed by atoms with van der Waals surface area (Å²) in [7, 11) is -3.66. The molecule has 4 rings (SSSR count). The molecular formula is C27H30ClN3O3S. The fourth-order valence-corrected chi connectivity index (χ4v) is 5.77. The van der Waals surface area contributed by atoms with Crippen LogP contribution in [0.25, 0.3) is 0 Å². The van der Waals surface area contributed by atoms with Crippen molar-refractivity contribution in [2.24, 2.45) is 5.92 Å². The van der Waals surface area contributed by atoms with Gasteiger partial charge >= 0.3 is 0 Å². The smallest absolute Gasteiger partial charge is 0.240 e. The highest BCUT2D eigenvalue weighted by molar-refractivity contribution is 7.89. The van der Waals surface area contributed by atoms with E-state index in [-0.39, 0.29) is 28.7 Å². The lowest BCUT2D eigenvalue weighted by Crippen LogP contribution is -2.52. The Kier molecular flexibility index (Phi) is 8.23. The van der Waals surface area contributed by atoms with Gasteiger partial charge in [0.05, 0.1) is 10.8 Å². The molecule has 3 aromatic carbocycles. The highest BCUT2D eigenvalue weighted by atomic mass is 35.5. The number of carbonyl (C=O) groups is 1. The van der Waals surface area contributed by atoms with Crippen molar-refractivity contribution >= 4 is 27.5 Å². The van der Waals surface area contributed by atoms with Crippen LogP contribution in [0.2, 0.25) is 5.02 Å². The van der Waals surface area contributed by atoms with Gasteiger partial charge in [-0.05, 0) is 48.7 Å². The molecule has 0 radical (unpaired) electrons. The van der Waals surface area contributed by atoms with E-state index in [0.29, 0.717) is 31.1 Å². The summed E-state index contributed by atoms with van der Waals surface area (Å²) >= 11 is 6.07. The number of aryl methyl sites for hydroxylation is 1. The molecule has 1 fully saturated rings. The molecule has 1 aliphatic rings. The van der Waals surface area contributed by atoms with Crippen molar-refractivity contribution in [2.75, 3.05) is 19.6 Å². The number of piperidine rings is 1. The number of rotatable bonds is 8. The molecule has 0 spiro atoms. The second kappa shape index (κ2) is 11.4. The Balaban J connectivity index is 1.40. The van der Waals surface area contributed by atoms with Gasteiger partial charge < -0.3 is 10.6 Å². The van der Waals surface area contributed by atoms with Crippen molar-refractivity contribution in [1.82, 2.24) is 15.4 Å². The first-order chi connectivity index (χ1) is 16.8. The van der Waals surface area contributed by atoms with Crippen LogP contribution < -0.4 is 15.4 Å². The van der Waals surface area contributed by atoms with Gasteiger partial charge in [-0.25, -0.2) is 13.1 Å². The Morgan fingerprint density at radius 3 is 2.31 bits per heavy atom. The number of amides is 1. The largest absolute Gasteiger partial charge is 0.355 e. The summed E-state index contributed by atoms with van der Waals surface area (Å²) in [5.74, 6) is -0.451. The lowest BCUT2D eigenvalue weighted by atomic mass is 9.90. The Morgan fingerprint density at radius 2 is 1.63 bits per heavy atom. The molecule has 8 heteroatoms. The van der Waals surface area contributed by atoms with Crippen LogP contribution in [0.1, 0.15) is 29.0 Å². The van der Waals surface area contributed by atoms with Crippen LogP contribution >= 0.6 is 11.6 Å². The number of halogens is 1. The van der Waals surface area contributed by atoms with Gasteiger partial charge in [0, 0.05) is 36.6 Å². The Hall–Kier alpha value is -2.71. The summed E-state index contributed by atoms with van der Waals surface area (Å²) in [6.45, 7) is 3.33. The van der Waals surface area contributed by atoms with Crippen molar-refractivity contribution in [3.8, 4) is 0 Å². The minimum Gasteiger partial charge on any atom is -0.355 e. The van der Waals surface area contributed by atoms with Crippen molar-refractivity contribution < 1.29 is 13.2 Å². The van der Waals surface area contributed by atoms with Crippen molar-refractivity contribution in [1.29, 1.82) is 0 Å². The van der Waals surface area contributed by atoms with E-state index in [1.165, 1.54) is 0 Å². The fourth-order valence-electron chi connectivity index (χ4n) is 4.39. The topological polar surface area (TPSA) is 87.3 Å². The van der Waals surface area contributed by atoms with Gasteiger partial charge in [0.2, 0.25) is 15.9 Å². The van der Waals surface area contributed by atoms with Crippen LogP contribution in [0.4, 0.5) is 0 Å². The van der Waals surface area contributed by atoms with Gasteiger partial charge in [-0.3, -0.25) is 4.79 Å². The fraction of sp³-hybridized carbons (Fsp3) is 0.296. The number of nitrogens with one attached hydrogen (secondary N) is 3. The third-order valence-corrected chi connectivity index (χ3v) is 8.12. The van der Waals surface area contributed by atoms with Gasteiger partial charge in [-0.15, -0.1) is 0 Å². The molecule has 3 atom stereocenters. The van der Waals surface area contributed by atoms with E-state index in [9.17, 15) is 13.2 Å². The predicted octanol–water partition coefficient (Wildman–Crippen LogP) is 3.85. The summed E-state index contributed by atoms with van der Waals surface area (Å²) in [6.07, 6.45) is 0.431. The zero-order chi connectivity index (χ0) is 24.8. The van der Waals surface area contributed by atoms with Crippen LogP contribution in [0.15, 0.2) is 83.8 Å². The van der Waals surface area contributed by atoms with Gasteiger partial charge in [0.1, 0.15) is 0 Å². The molecule has 6 nitrogen and oxygen atoms in total. The molecule has 1 aliphatic heterocycles. The highest BCUT2D eigenvalue weighted by Crippen LogP contribution is 2.26. The third kappa shape index (κ3) is 6.70. The molecule has 35 heavy (non-hydrogen) atoms. The van der Waals surface area contributed by atoms with Crippen molar-refractivity contribution in [3.63, 3.8) is 0 Å². The van der Waals surface area contributed by atoms with Crippen LogP contribution in [-0.4, -0.2) is 40.0 Å². The van der Waals surface area contributed by atoms with Gasteiger partial charge in [0.15, 0.2) is 0 Å². The average Bonchev–Trinajstić information content (AvgIpc) is 2.86. The number of benzene rings is 3. The molecule has 0 aromatic heterocycles. The Labute approximate surface area is 212 Å². The van der Waals surface area contributed by atoms with E-state index in [1.807, 2.05) is 61.5 Å². The van der Waals surface area contributed by atoms with E-state index in [2.05, 4.69) is 15.4 Å². The summed E-state index contributed by atoms with van der Waals surface area (Å²) in [5.41, 5.74) is 3.15. The van der Waals surface area contributed by atoms with E-state index in [1.54, 1.807) is 24.3 Å². The molecule has 3 aromatic rings. The van der Waals surface area contributed by atoms with Gasteiger partial charge in [-0.1, -0.05) is 71.8 Å². The molecule has 184 valence electrons. The second-order valence-corrected chi connectivity index (χ2v) is 11.1. The quantitative estimate of drug-likeness (QED) is 0.428. The lowest BCUT2D eigenvalue weighted by molar-refractivity contribution is -0.125. The minimum atomic E-state index is -3.66. The molecule has 3 N–H and O–H groups in total. The number of hydrogen-bond acceptors (Lipinski definition) is 4. The molecule has 1 heterocycles. The summed E-state index contributed by atoms with van der Waals surface area (Å²) in [5, 5.41) is 6.96. The van der Waals surface area contributed by atoms with Crippen LogP contribution in [-0.2, 0) is 14.8 Å². The maximum atomic E-state index is 13.1. The molecule has 0 aliphatic carbocycles. The zero-order valence-electron chi connectivity index (χ0n) is 19.6. The SMILES string of the molecule is Cc1ccc(S(=O)(=O)N[C@@H]2CNC[C@@H](C(=O)NCC(c3ccccc3)c3ccc(Cl)cc3)C2)cc1. The van der Waals surface area contributed by atoms with Crippen molar-refractivity contribution in [2.45, 2.75) is 30.2 Å². The van der Waals surface area contributed by atoms with Crippen LogP contribution in [0, 0.1) is 12.8 Å². The minimum absolute atomic E-state index is 0.0233. The zero-order valence-corrected chi connectivity index (χ0v) is 21.1. The lowest BCUT2D eigenvalue weighted by Gasteiger charge is -2.30. The predicted molar refractivity (Wildman–Crippen MR) is 139 cm³/mol. The summed E-state index contributed by atoms with van der Waals surface area (Å²) in [4.78, 5) is 13.3. The third-order valence-electron chi connectivity index (χ3n) is 6.33. The standard InChI is InChI=1S/C27H30ClN3O3S/c1-19-7-13-25(14-8-19)35(33,34)31-24-15-22(16-29-17-24)27(32)30-18-26(20-5-3-2-4-6-20)21-9-11-23(28)12-10-21/h2-14,22,24,26,29,31H,15-18H2,1H3,(H,30,32)/t22-,24-,26?/m0/s1. The first-order valence-electron chi connectivity index (χ1n) is 11.7. The maximum absolute atomic E-state index is 13.1. The van der Waals surface area contributed by atoms with Crippen molar-refractivity contribution in [3.05, 3.63) is 101 Å². The molecule has 0 saturated carbocycles. The summed E-state index contributed by atoms with van der Waals surface area (Å²) in [6, 6.07) is 24.0. The second-order valence-electron chi connectivity index (χ2n) is 8.98. The highest BCUT2D eigenvalue weighted by Gasteiger charge is 2.30. The Bertz CT molecular complexity index is 1230. The van der Waals surface area contributed by atoms with Crippen LogP contribution in [0.5, 0.6) is 0 Å². The molecule has 1 amide bonds. The number of carbonyl (C=O) groups excluding carboxylic acids is 1. The molecule has 0 bridgehead atoms. The summed E-state index contributed by atoms with van der Waals surface area (Å²) < 4.78 is 28.3. The van der Waals surface area contributed by atoms with E-state index in [4.69, 9.17) is 11.6 Å².